The van der Waals surface area contributed by atoms with Gasteiger partial charge in [-0.25, -0.2) is 8.42 Å². The Balaban J connectivity index is 1.46. The van der Waals surface area contributed by atoms with Gasteiger partial charge < -0.3 is 18.9 Å². The highest BCUT2D eigenvalue weighted by molar-refractivity contribution is 7.91. The van der Waals surface area contributed by atoms with Crippen molar-refractivity contribution in [3.8, 4) is 23.0 Å². The summed E-state index contributed by atoms with van der Waals surface area (Å²) in [5.74, 6) is 2.74. The van der Waals surface area contributed by atoms with Gasteiger partial charge in [0.25, 0.3) is 0 Å². The van der Waals surface area contributed by atoms with Crippen molar-refractivity contribution in [2.45, 2.75) is 25.9 Å². The molecule has 0 amide bonds. The number of hydrogen-bond acceptors (Lipinski definition) is 8. The lowest BCUT2D eigenvalue weighted by Crippen LogP contribution is -2.41. The van der Waals surface area contributed by atoms with Crippen LogP contribution in [0.5, 0.6) is 23.0 Å². The van der Waals surface area contributed by atoms with Crippen molar-refractivity contribution >= 4 is 21.7 Å². The summed E-state index contributed by atoms with van der Waals surface area (Å²) >= 11 is 0. The lowest BCUT2D eigenvalue weighted by atomic mass is 9.99. The molecule has 8 nitrogen and oxygen atoms in total. The van der Waals surface area contributed by atoms with Crippen LogP contribution in [0.25, 0.3) is 6.08 Å². The molecule has 3 heterocycles. The Morgan fingerprint density at radius 3 is 2.67 bits per heavy atom. The van der Waals surface area contributed by atoms with Crippen LogP contribution in [0.2, 0.25) is 0 Å². The molecular formula is C24H25NO7S. The molecular weight excluding hydrogens is 446 g/mol. The number of allylic oxidation sites excluding steroid dienone is 1. The summed E-state index contributed by atoms with van der Waals surface area (Å²) in [6.07, 6.45) is 2.25. The summed E-state index contributed by atoms with van der Waals surface area (Å²) in [6, 6.07) is 7.07. The zero-order chi connectivity index (χ0) is 23.3. The van der Waals surface area contributed by atoms with E-state index in [1.165, 1.54) is 0 Å². The highest BCUT2D eigenvalue weighted by atomic mass is 32.2. The fourth-order valence-corrected chi connectivity index (χ4v) is 6.42. The van der Waals surface area contributed by atoms with Crippen LogP contribution in [0.15, 0.2) is 30.0 Å². The second kappa shape index (κ2) is 8.07. The summed E-state index contributed by atoms with van der Waals surface area (Å²) < 4.78 is 46.5. The first-order valence-corrected chi connectivity index (χ1v) is 12.5. The largest absolute Gasteiger partial charge is 0.497 e. The van der Waals surface area contributed by atoms with E-state index in [-0.39, 0.29) is 29.1 Å². The topological polar surface area (TPSA) is 91.4 Å². The zero-order valence-electron chi connectivity index (χ0n) is 18.7. The molecule has 0 radical (unpaired) electrons. The van der Waals surface area contributed by atoms with Gasteiger partial charge in [0.15, 0.2) is 15.6 Å². The Bertz CT molecular complexity index is 1280. The van der Waals surface area contributed by atoms with Gasteiger partial charge in [-0.15, -0.1) is 0 Å². The Kier molecular flexibility index (Phi) is 5.33. The fourth-order valence-electron chi connectivity index (χ4n) is 4.66. The monoisotopic (exact) mass is 471 g/mol. The van der Waals surface area contributed by atoms with Crippen molar-refractivity contribution in [3.63, 3.8) is 0 Å². The highest BCUT2D eigenvalue weighted by Crippen LogP contribution is 2.44. The third-order valence-electron chi connectivity index (χ3n) is 6.41. The molecule has 1 unspecified atom stereocenters. The average molecular weight is 472 g/mol. The van der Waals surface area contributed by atoms with E-state index in [1.807, 2.05) is 11.8 Å². The van der Waals surface area contributed by atoms with Crippen molar-refractivity contribution in [2.75, 3.05) is 32.5 Å². The van der Waals surface area contributed by atoms with Gasteiger partial charge in [-0.1, -0.05) is 0 Å². The quantitative estimate of drug-likeness (QED) is 0.629. The first kappa shape index (κ1) is 21.8. The third-order valence-corrected chi connectivity index (χ3v) is 8.16. The van der Waals surface area contributed by atoms with Crippen LogP contribution < -0.4 is 18.9 Å². The van der Waals surface area contributed by atoms with Crippen molar-refractivity contribution in [1.29, 1.82) is 0 Å². The molecule has 5 rings (SSSR count). The molecule has 0 spiro atoms. The first-order chi connectivity index (χ1) is 15.8. The first-order valence-electron chi connectivity index (χ1n) is 10.7. The molecule has 2 aromatic rings. The highest BCUT2D eigenvalue weighted by Gasteiger charge is 2.37. The molecule has 1 atom stereocenters. The van der Waals surface area contributed by atoms with E-state index in [4.69, 9.17) is 18.9 Å². The number of ether oxygens (including phenoxy) is 4. The Hall–Kier alpha value is -3.04. The molecule has 0 saturated carbocycles. The molecule has 0 N–H and O–H groups in total. The summed E-state index contributed by atoms with van der Waals surface area (Å²) in [5, 5.41) is 0. The summed E-state index contributed by atoms with van der Waals surface area (Å²) in [5.41, 5.74) is 2.76. The van der Waals surface area contributed by atoms with E-state index in [0.717, 1.165) is 11.1 Å². The van der Waals surface area contributed by atoms with Gasteiger partial charge in [0.05, 0.1) is 31.3 Å². The summed E-state index contributed by atoms with van der Waals surface area (Å²) in [6.45, 7) is 2.71. The maximum atomic E-state index is 13.2. The SMILES string of the molecule is COc1ccc(OC)c(/C=C2\Oc3c(cc4c(c3C)OCN(C3CCS(=O)(=O)C3)C4)C2=O)c1. The van der Waals surface area contributed by atoms with E-state index in [0.29, 0.717) is 53.8 Å². The number of fused-ring (bicyclic) bond motifs is 2. The van der Waals surface area contributed by atoms with E-state index >= 15 is 0 Å². The lowest BCUT2D eigenvalue weighted by Gasteiger charge is -2.33. The molecule has 1 saturated heterocycles. The minimum absolute atomic E-state index is 0.0698. The van der Waals surface area contributed by atoms with Gasteiger partial charge in [-0.05, 0) is 43.7 Å². The molecule has 0 aromatic heterocycles. The minimum Gasteiger partial charge on any atom is -0.497 e. The molecule has 174 valence electrons. The van der Waals surface area contributed by atoms with Crippen LogP contribution in [0.1, 0.15) is 33.5 Å². The molecule has 9 heteroatoms. The van der Waals surface area contributed by atoms with E-state index in [2.05, 4.69) is 0 Å². The van der Waals surface area contributed by atoms with Crippen LogP contribution in [0.4, 0.5) is 0 Å². The second-order valence-corrected chi connectivity index (χ2v) is 10.7. The number of sulfone groups is 1. The van der Waals surface area contributed by atoms with Crippen LogP contribution in [-0.2, 0) is 16.4 Å². The summed E-state index contributed by atoms with van der Waals surface area (Å²) in [4.78, 5) is 15.2. The van der Waals surface area contributed by atoms with Crippen LogP contribution in [-0.4, -0.2) is 57.6 Å². The number of ketones is 1. The number of methoxy groups -OCH3 is 2. The van der Waals surface area contributed by atoms with Crippen molar-refractivity contribution in [3.05, 3.63) is 52.3 Å². The average Bonchev–Trinajstić information content (AvgIpc) is 3.33. The molecule has 3 aliphatic heterocycles. The molecule has 0 aliphatic carbocycles. The molecule has 1 fully saturated rings. The summed E-state index contributed by atoms with van der Waals surface area (Å²) in [7, 11) is 0.141. The van der Waals surface area contributed by atoms with Gasteiger partial charge in [0.2, 0.25) is 5.78 Å². The van der Waals surface area contributed by atoms with E-state index in [9.17, 15) is 13.2 Å². The van der Waals surface area contributed by atoms with Crippen LogP contribution in [0.3, 0.4) is 0 Å². The fraction of sp³-hybridized carbons (Fsp3) is 0.375. The second-order valence-electron chi connectivity index (χ2n) is 8.49. The molecule has 33 heavy (non-hydrogen) atoms. The van der Waals surface area contributed by atoms with Crippen molar-refractivity contribution in [1.82, 2.24) is 4.90 Å². The van der Waals surface area contributed by atoms with Gasteiger partial charge in [-0.3, -0.25) is 9.69 Å². The van der Waals surface area contributed by atoms with E-state index < -0.39 is 9.84 Å². The number of carbonyl (C=O) groups excluding carboxylic acids is 1. The minimum atomic E-state index is -2.99. The van der Waals surface area contributed by atoms with Gasteiger partial charge >= 0.3 is 0 Å². The van der Waals surface area contributed by atoms with Crippen molar-refractivity contribution < 1.29 is 32.2 Å². The molecule has 3 aliphatic rings. The van der Waals surface area contributed by atoms with E-state index in [1.54, 1.807) is 44.6 Å². The number of nitrogens with zero attached hydrogens (tertiary/aromatic N) is 1. The maximum Gasteiger partial charge on any atom is 0.231 e. The van der Waals surface area contributed by atoms with Gasteiger partial charge in [0, 0.05) is 29.3 Å². The Morgan fingerprint density at radius 2 is 1.97 bits per heavy atom. The van der Waals surface area contributed by atoms with Gasteiger partial charge in [-0.2, -0.15) is 0 Å². The van der Waals surface area contributed by atoms with Crippen LogP contribution >= 0.6 is 0 Å². The predicted molar refractivity (Wildman–Crippen MR) is 122 cm³/mol. The number of benzene rings is 2. The van der Waals surface area contributed by atoms with Crippen molar-refractivity contribution in [2.24, 2.45) is 0 Å². The van der Waals surface area contributed by atoms with Crippen LogP contribution in [0, 0.1) is 6.92 Å². The predicted octanol–water partition coefficient (Wildman–Crippen LogP) is 2.97. The number of rotatable bonds is 4. The Labute approximate surface area is 192 Å². The smallest absolute Gasteiger partial charge is 0.231 e. The molecule has 0 bridgehead atoms. The lowest BCUT2D eigenvalue weighted by molar-refractivity contribution is 0.0637. The van der Waals surface area contributed by atoms with Gasteiger partial charge in [0.1, 0.15) is 29.7 Å². The normalized spacial score (nSPS) is 22.5. The number of carbonyl (C=O) groups is 1. The maximum absolute atomic E-state index is 13.2. The number of hydrogen-bond donors (Lipinski definition) is 0. The number of Topliss-reactive ketones (excluding diaryl/α,β-unsaturated/α-hetero) is 1. The standard InChI is InChI=1S/C24H25NO7S/c1-14-23-16(11-25(13-31-23)17-6-7-33(27,28)12-17)9-19-22(26)21(32-24(14)19)10-15-8-18(29-2)4-5-20(15)30-3/h4-5,8-10,17H,6-7,11-13H2,1-3H3/b21-10-. The Morgan fingerprint density at radius 1 is 1.15 bits per heavy atom. The molecule has 2 aromatic carbocycles. The zero-order valence-corrected chi connectivity index (χ0v) is 19.5. The third kappa shape index (κ3) is 3.85.